The minimum atomic E-state index is -0.961. The van der Waals surface area contributed by atoms with E-state index in [1.54, 1.807) is 46.3 Å². The molecule has 11 heteroatoms. The molecule has 2 amide bonds. The van der Waals surface area contributed by atoms with Gasteiger partial charge in [-0.3, -0.25) is 4.79 Å². The van der Waals surface area contributed by atoms with Gasteiger partial charge in [-0.2, -0.15) is 0 Å². The smallest absolute Gasteiger partial charge is 0.405 e. The van der Waals surface area contributed by atoms with Crippen LogP contribution >= 0.6 is 0 Å². The van der Waals surface area contributed by atoms with Crippen LogP contribution < -0.4 is 11.1 Å². The minimum absolute atomic E-state index is 0.0325. The maximum atomic E-state index is 12.9. The van der Waals surface area contributed by atoms with Crippen molar-refractivity contribution in [2.45, 2.75) is 64.6 Å². The standard InChI is InChI=1S/C30H44N2O9/c1-16-10-9-11-23(37-5)28(41-30(31)36)18(3)12-17(2)27(40-8)24(38-6)13-19(4)26(39-7)21-14-20(33)15-22(25(21)34)32-29(16)35/h9-12,14-15,17,19,23-24,26-28,33-34H,13H2,1-8H3,(H2,31,36)(H,32,35)/b11-9?,16-10+,18-12-/t17-,19-,23-,24-,26?,27+,28?/m1/s1. The fourth-order valence-corrected chi connectivity index (χ4v) is 5.24. The number of rotatable bonds is 5. The second-order valence-corrected chi connectivity index (χ2v) is 10.3. The van der Waals surface area contributed by atoms with E-state index >= 15 is 0 Å². The van der Waals surface area contributed by atoms with Crippen LogP contribution in [0.15, 0.2) is 47.6 Å². The summed E-state index contributed by atoms with van der Waals surface area (Å²) in [6, 6.07) is 2.68. The molecule has 2 bridgehead atoms. The van der Waals surface area contributed by atoms with Crippen molar-refractivity contribution < 1.29 is 43.5 Å². The molecule has 0 spiro atoms. The Labute approximate surface area is 241 Å². The Hall–Kier alpha value is -3.38. The van der Waals surface area contributed by atoms with Crippen molar-refractivity contribution in [1.82, 2.24) is 0 Å². The van der Waals surface area contributed by atoms with E-state index in [0.29, 0.717) is 23.1 Å². The number of phenols is 2. The van der Waals surface area contributed by atoms with E-state index in [0.717, 1.165) is 0 Å². The molecule has 0 aliphatic carbocycles. The van der Waals surface area contributed by atoms with E-state index < -0.39 is 42.5 Å². The number of fused-ring (bicyclic) bond motifs is 2. The molecule has 0 saturated carbocycles. The SMILES string of the molecule is COC1c2cc(O)cc(c2O)NC(=O)/C(C)=C/C=C[C@@H](OC)C(OC(N)=O)/C(C)=C\[C@@H](C)[C@H](OC)[C@H](OC)C[C@H]1C. The van der Waals surface area contributed by atoms with E-state index in [1.807, 2.05) is 19.9 Å². The van der Waals surface area contributed by atoms with E-state index in [2.05, 4.69) is 5.32 Å². The number of primary amides is 1. The lowest BCUT2D eigenvalue weighted by atomic mass is 9.86. The highest BCUT2D eigenvalue weighted by atomic mass is 16.6. The number of aromatic hydroxyl groups is 2. The van der Waals surface area contributed by atoms with Crippen LogP contribution in [0.25, 0.3) is 0 Å². The van der Waals surface area contributed by atoms with Crippen LogP contribution in [0, 0.1) is 11.8 Å². The summed E-state index contributed by atoms with van der Waals surface area (Å²) in [5, 5.41) is 24.2. The molecule has 2 rings (SSSR count). The van der Waals surface area contributed by atoms with Crippen LogP contribution in [0.4, 0.5) is 10.5 Å². The molecule has 0 saturated heterocycles. The van der Waals surface area contributed by atoms with Gasteiger partial charge in [0.1, 0.15) is 17.6 Å². The molecule has 41 heavy (non-hydrogen) atoms. The normalized spacial score (nSPS) is 30.9. The summed E-state index contributed by atoms with van der Waals surface area (Å²) in [6.45, 7) is 7.29. The first-order chi connectivity index (χ1) is 19.4. The molecule has 5 N–H and O–H groups in total. The molecule has 0 fully saturated rings. The van der Waals surface area contributed by atoms with Gasteiger partial charge >= 0.3 is 6.09 Å². The Balaban J connectivity index is 2.71. The Morgan fingerprint density at radius 2 is 1.68 bits per heavy atom. The third-order valence-electron chi connectivity index (χ3n) is 7.31. The fourth-order valence-electron chi connectivity index (χ4n) is 5.24. The van der Waals surface area contributed by atoms with E-state index in [1.165, 1.54) is 26.4 Å². The highest BCUT2D eigenvalue weighted by Crippen LogP contribution is 2.41. The van der Waals surface area contributed by atoms with Gasteiger partial charge in [-0.25, -0.2) is 4.79 Å². The predicted octanol–water partition coefficient (Wildman–Crippen LogP) is 4.36. The molecule has 1 aliphatic rings. The van der Waals surface area contributed by atoms with Gasteiger partial charge in [-0.15, -0.1) is 0 Å². The molecule has 228 valence electrons. The number of hydrogen-bond acceptors (Lipinski definition) is 9. The number of nitrogens with one attached hydrogen (secondary N) is 1. The van der Waals surface area contributed by atoms with Gasteiger partial charge in [0.15, 0.2) is 6.10 Å². The molecule has 0 aromatic heterocycles. The second kappa shape index (κ2) is 15.6. The summed E-state index contributed by atoms with van der Waals surface area (Å²) in [4.78, 5) is 24.7. The van der Waals surface area contributed by atoms with Gasteiger partial charge in [0.2, 0.25) is 0 Å². The van der Waals surface area contributed by atoms with Gasteiger partial charge in [-0.05, 0) is 37.8 Å². The van der Waals surface area contributed by atoms with Crippen LogP contribution in [0.3, 0.4) is 0 Å². The van der Waals surface area contributed by atoms with Gasteiger partial charge in [0, 0.05) is 51.6 Å². The number of carbonyl (C=O) groups is 2. The number of hydrogen-bond donors (Lipinski definition) is 4. The first-order valence-electron chi connectivity index (χ1n) is 13.4. The molecule has 2 unspecified atom stereocenters. The van der Waals surface area contributed by atoms with Crippen LogP contribution in [0.1, 0.15) is 45.8 Å². The predicted molar refractivity (Wildman–Crippen MR) is 155 cm³/mol. The Kier molecular flexibility index (Phi) is 12.8. The number of amides is 2. The minimum Gasteiger partial charge on any atom is -0.508 e. The van der Waals surface area contributed by atoms with Gasteiger partial charge < -0.3 is 44.9 Å². The van der Waals surface area contributed by atoms with Crippen molar-refractivity contribution in [3.8, 4) is 11.5 Å². The zero-order valence-electron chi connectivity index (χ0n) is 25.0. The van der Waals surface area contributed by atoms with Crippen molar-refractivity contribution in [2.24, 2.45) is 17.6 Å². The summed E-state index contributed by atoms with van der Waals surface area (Å²) in [7, 11) is 6.15. The molecular weight excluding hydrogens is 532 g/mol. The lowest BCUT2D eigenvalue weighted by Gasteiger charge is -2.33. The average molecular weight is 577 g/mol. The summed E-state index contributed by atoms with van der Waals surface area (Å²) in [5.41, 5.74) is 6.71. The Bertz CT molecular complexity index is 1150. The summed E-state index contributed by atoms with van der Waals surface area (Å²) >= 11 is 0. The van der Waals surface area contributed by atoms with Gasteiger partial charge in [0.05, 0.1) is 24.0 Å². The molecule has 1 heterocycles. The molecule has 1 aliphatic heterocycles. The second-order valence-electron chi connectivity index (χ2n) is 10.3. The van der Waals surface area contributed by atoms with Crippen molar-refractivity contribution in [3.05, 3.63) is 53.1 Å². The summed E-state index contributed by atoms with van der Waals surface area (Å²) in [5.74, 6) is -1.30. The van der Waals surface area contributed by atoms with E-state index in [-0.39, 0.29) is 29.0 Å². The van der Waals surface area contributed by atoms with Crippen molar-refractivity contribution in [3.63, 3.8) is 0 Å². The first kappa shape index (κ1) is 33.8. The molecule has 7 atom stereocenters. The third-order valence-corrected chi connectivity index (χ3v) is 7.31. The number of methoxy groups -OCH3 is 4. The fraction of sp³-hybridized carbons (Fsp3) is 0.533. The van der Waals surface area contributed by atoms with Crippen molar-refractivity contribution in [1.29, 1.82) is 0 Å². The molecule has 1 aromatic carbocycles. The average Bonchev–Trinajstić information content (AvgIpc) is 2.91. The number of carbonyl (C=O) groups excluding carboxylic acids is 2. The van der Waals surface area contributed by atoms with Crippen LogP contribution in [0.5, 0.6) is 11.5 Å². The van der Waals surface area contributed by atoms with Crippen LogP contribution in [-0.2, 0) is 28.5 Å². The van der Waals surface area contributed by atoms with Crippen molar-refractivity contribution >= 4 is 17.7 Å². The summed E-state index contributed by atoms with van der Waals surface area (Å²) in [6.07, 6.45) is 3.14. The zero-order chi connectivity index (χ0) is 30.9. The molecule has 0 radical (unpaired) electrons. The Morgan fingerprint density at radius 3 is 2.24 bits per heavy atom. The summed E-state index contributed by atoms with van der Waals surface area (Å²) < 4.78 is 28.6. The van der Waals surface area contributed by atoms with Crippen molar-refractivity contribution in [2.75, 3.05) is 33.8 Å². The number of phenolic OH excluding ortho intramolecular Hbond substituents is 2. The molecule has 11 nitrogen and oxygen atoms in total. The molecule has 1 aromatic rings. The highest BCUT2D eigenvalue weighted by molar-refractivity contribution is 6.04. The van der Waals surface area contributed by atoms with Gasteiger partial charge in [-0.1, -0.05) is 38.2 Å². The Morgan fingerprint density at radius 1 is 1.00 bits per heavy atom. The third kappa shape index (κ3) is 8.80. The number of ether oxygens (including phenoxy) is 5. The van der Waals surface area contributed by atoms with Crippen LogP contribution in [0.2, 0.25) is 0 Å². The highest BCUT2D eigenvalue weighted by Gasteiger charge is 2.33. The lowest BCUT2D eigenvalue weighted by Crippen LogP contribution is -2.38. The first-order valence-corrected chi connectivity index (χ1v) is 13.4. The maximum absolute atomic E-state index is 12.9. The quantitative estimate of drug-likeness (QED) is 0.227. The number of nitrogens with two attached hydrogens (primary N) is 1. The van der Waals surface area contributed by atoms with Crippen LogP contribution in [-0.4, -0.2) is 75.1 Å². The zero-order valence-corrected chi connectivity index (χ0v) is 25.0. The number of allylic oxidation sites excluding steroid dienone is 2. The monoisotopic (exact) mass is 576 g/mol. The van der Waals surface area contributed by atoms with E-state index in [9.17, 15) is 19.8 Å². The largest absolute Gasteiger partial charge is 0.508 e. The van der Waals surface area contributed by atoms with E-state index in [4.69, 9.17) is 29.4 Å². The molecular formula is C30H44N2O9. The van der Waals surface area contributed by atoms with Gasteiger partial charge in [0.25, 0.3) is 5.91 Å². The number of anilines is 1. The topological polar surface area (TPSA) is 159 Å². The number of benzene rings is 1. The maximum Gasteiger partial charge on any atom is 0.405 e. The lowest BCUT2D eigenvalue weighted by molar-refractivity contribution is -0.112.